The average Bonchev–Trinajstić information content (AvgIpc) is 3.23. The Morgan fingerprint density at radius 1 is 1.23 bits per heavy atom. The summed E-state index contributed by atoms with van der Waals surface area (Å²) < 4.78 is 35.4. The molecule has 0 aliphatic heterocycles. The minimum Gasteiger partial charge on any atom is -0.480 e. The summed E-state index contributed by atoms with van der Waals surface area (Å²) in [6, 6.07) is 6.83. The van der Waals surface area contributed by atoms with E-state index in [0.717, 1.165) is 12.3 Å². The number of hydrogen-bond donors (Lipinski definition) is 2. The fourth-order valence-corrected chi connectivity index (χ4v) is 3.07. The molecule has 4 aromatic rings. The summed E-state index contributed by atoms with van der Waals surface area (Å²) in [6.45, 7) is 1.69. The monoisotopic (exact) mass is 410 g/mol. The number of nitrogen functional groups attached to an aromatic ring is 1. The van der Waals surface area contributed by atoms with Crippen LogP contribution in [0, 0.1) is 11.6 Å². The molecule has 30 heavy (non-hydrogen) atoms. The van der Waals surface area contributed by atoms with Gasteiger partial charge in [0.1, 0.15) is 28.9 Å². The molecule has 4 N–H and O–H groups in total. The minimum absolute atomic E-state index is 0.00765. The summed E-state index contributed by atoms with van der Waals surface area (Å²) >= 11 is 0. The highest BCUT2D eigenvalue weighted by Gasteiger charge is 2.19. The lowest BCUT2D eigenvalue weighted by Gasteiger charge is -2.18. The van der Waals surface area contributed by atoms with E-state index in [1.165, 1.54) is 22.9 Å². The Morgan fingerprint density at radius 2 is 2.03 bits per heavy atom. The largest absolute Gasteiger partial charge is 0.480 e. The van der Waals surface area contributed by atoms with Gasteiger partial charge in [-0.3, -0.25) is 9.78 Å². The average molecular weight is 410 g/mol. The molecule has 0 unspecified atom stereocenters. The second kappa shape index (κ2) is 7.39. The number of pyridine rings is 2. The van der Waals surface area contributed by atoms with Gasteiger partial charge in [-0.25, -0.2) is 18.4 Å². The van der Waals surface area contributed by atoms with E-state index in [2.05, 4.69) is 15.1 Å². The molecule has 152 valence electrons. The molecule has 1 amide bonds. The molecule has 0 saturated carbocycles. The number of rotatable bonds is 5. The fraction of sp³-hybridized carbons (Fsp3) is 0.100. The van der Waals surface area contributed by atoms with Gasteiger partial charge in [0.25, 0.3) is 0 Å². The number of fused-ring (bicyclic) bond motifs is 1. The summed E-state index contributed by atoms with van der Waals surface area (Å²) in [5.74, 6) is -1.94. The standard InChI is InChI=1S/C20H16F2N6O2/c1-10(17-15(8-13(21)9-25-17)28-4-2-3-26-28)30-16-7-11-5-12(20(24)29)6-14(22)18(11)27-19(16)23/h2-10H,1H3,(H2,23,27)(H2,24,29)/t10-/m0/s1. The molecule has 10 heteroatoms. The van der Waals surface area contributed by atoms with Crippen molar-refractivity contribution in [2.45, 2.75) is 13.0 Å². The number of benzene rings is 1. The van der Waals surface area contributed by atoms with Crippen molar-refractivity contribution in [3.05, 3.63) is 71.8 Å². The van der Waals surface area contributed by atoms with Crippen LogP contribution in [0.25, 0.3) is 16.6 Å². The molecule has 3 heterocycles. The Kier molecular flexibility index (Phi) is 4.74. The van der Waals surface area contributed by atoms with Gasteiger partial charge < -0.3 is 16.2 Å². The first kappa shape index (κ1) is 19.2. The summed E-state index contributed by atoms with van der Waals surface area (Å²) in [4.78, 5) is 19.6. The second-order valence-corrected chi connectivity index (χ2v) is 6.53. The second-order valence-electron chi connectivity index (χ2n) is 6.53. The van der Waals surface area contributed by atoms with Gasteiger partial charge in [0, 0.05) is 29.4 Å². The van der Waals surface area contributed by atoms with Gasteiger partial charge >= 0.3 is 0 Å². The van der Waals surface area contributed by atoms with Crippen molar-refractivity contribution >= 4 is 22.6 Å². The smallest absolute Gasteiger partial charge is 0.248 e. The van der Waals surface area contributed by atoms with Crippen molar-refractivity contribution in [2.75, 3.05) is 5.73 Å². The van der Waals surface area contributed by atoms with E-state index in [0.29, 0.717) is 16.8 Å². The zero-order valence-electron chi connectivity index (χ0n) is 15.7. The molecule has 0 aliphatic carbocycles. The number of amides is 1. The first-order valence-corrected chi connectivity index (χ1v) is 8.85. The van der Waals surface area contributed by atoms with Crippen LogP contribution in [-0.4, -0.2) is 25.7 Å². The predicted molar refractivity (Wildman–Crippen MR) is 105 cm³/mol. The number of carbonyl (C=O) groups excluding carboxylic acids is 1. The third kappa shape index (κ3) is 3.50. The van der Waals surface area contributed by atoms with Crippen molar-refractivity contribution < 1.29 is 18.3 Å². The Bertz CT molecular complexity index is 1260. The van der Waals surface area contributed by atoms with E-state index in [-0.39, 0.29) is 22.6 Å². The van der Waals surface area contributed by atoms with Gasteiger partial charge in [0.2, 0.25) is 5.91 Å². The molecule has 0 bridgehead atoms. The first-order chi connectivity index (χ1) is 14.3. The van der Waals surface area contributed by atoms with Crippen molar-refractivity contribution in [2.24, 2.45) is 5.73 Å². The van der Waals surface area contributed by atoms with E-state index in [9.17, 15) is 13.6 Å². The highest BCUT2D eigenvalue weighted by molar-refractivity contribution is 5.97. The van der Waals surface area contributed by atoms with Crippen LogP contribution < -0.4 is 16.2 Å². The topological polar surface area (TPSA) is 122 Å². The van der Waals surface area contributed by atoms with Crippen LogP contribution in [0.2, 0.25) is 0 Å². The van der Waals surface area contributed by atoms with Gasteiger partial charge in [0.15, 0.2) is 11.6 Å². The lowest BCUT2D eigenvalue weighted by Crippen LogP contribution is -2.13. The van der Waals surface area contributed by atoms with Gasteiger partial charge in [-0.05, 0) is 31.2 Å². The van der Waals surface area contributed by atoms with E-state index in [1.807, 2.05) is 0 Å². The lowest BCUT2D eigenvalue weighted by atomic mass is 10.1. The normalized spacial score (nSPS) is 12.1. The van der Waals surface area contributed by atoms with Gasteiger partial charge in [0.05, 0.1) is 11.9 Å². The van der Waals surface area contributed by atoms with Crippen LogP contribution in [0.3, 0.4) is 0 Å². The number of anilines is 1. The van der Waals surface area contributed by atoms with E-state index >= 15 is 0 Å². The maximum Gasteiger partial charge on any atom is 0.248 e. The van der Waals surface area contributed by atoms with E-state index in [4.69, 9.17) is 16.2 Å². The maximum atomic E-state index is 14.3. The number of ether oxygens (including phenoxy) is 1. The number of carbonyl (C=O) groups is 1. The minimum atomic E-state index is -0.775. The number of halogens is 2. The quantitative estimate of drug-likeness (QED) is 0.522. The van der Waals surface area contributed by atoms with Crippen molar-refractivity contribution in [3.8, 4) is 11.4 Å². The van der Waals surface area contributed by atoms with Crippen molar-refractivity contribution in [1.82, 2.24) is 19.7 Å². The molecular formula is C20H16F2N6O2. The molecule has 3 aromatic heterocycles. The number of aromatic nitrogens is 4. The van der Waals surface area contributed by atoms with Gasteiger partial charge in [-0.2, -0.15) is 5.10 Å². The predicted octanol–water partition coefficient (Wildman–Crippen LogP) is 2.91. The molecule has 0 fully saturated rings. The molecule has 0 saturated heterocycles. The zero-order valence-corrected chi connectivity index (χ0v) is 15.7. The van der Waals surface area contributed by atoms with Crippen LogP contribution >= 0.6 is 0 Å². The Balaban J connectivity index is 1.74. The Hall–Kier alpha value is -4.08. The Labute approximate surface area is 169 Å². The van der Waals surface area contributed by atoms with Crippen LogP contribution in [-0.2, 0) is 0 Å². The summed E-state index contributed by atoms with van der Waals surface area (Å²) in [7, 11) is 0. The number of nitrogens with two attached hydrogens (primary N) is 2. The SMILES string of the molecule is C[C@H](Oc1cc2cc(C(N)=O)cc(F)c2nc1N)c1ncc(F)cc1-n1cccn1. The molecule has 0 aliphatic rings. The summed E-state index contributed by atoms with van der Waals surface area (Å²) in [6.07, 6.45) is 3.58. The third-order valence-electron chi connectivity index (χ3n) is 4.45. The third-order valence-corrected chi connectivity index (χ3v) is 4.45. The van der Waals surface area contributed by atoms with Gasteiger partial charge in [-0.1, -0.05) is 0 Å². The number of nitrogens with zero attached hydrogens (tertiary/aromatic N) is 4. The molecular weight excluding hydrogens is 394 g/mol. The van der Waals surface area contributed by atoms with Crippen LogP contribution in [0.1, 0.15) is 29.1 Å². The zero-order chi connectivity index (χ0) is 21.4. The molecule has 1 atom stereocenters. The van der Waals surface area contributed by atoms with E-state index < -0.39 is 23.6 Å². The molecule has 0 radical (unpaired) electrons. The van der Waals surface area contributed by atoms with Crippen LogP contribution in [0.5, 0.6) is 5.75 Å². The lowest BCUT2D eigenvalue weighted by molar-refractivity contribution is 0.1000. The summed E-state index contributed by atoms with van der Waals surface area (Å²) in [5, 5.41) is 4.40. The highest BCUT2D eigenvalue weighted by atomic mass is 19.1. The summed E-state index contributed by atoms with van der Waals surface area (Å²) in [5.41, 5.74) is 12.0. The molecule has 1 aromatic carbocycles. The number of primary amides is 1. The van der Waals surface area contributed by atoms with Crippen molar-refractivity contribution in [3.63, 3.8) is 0 Å². The van der Waals surface area contributed by atoms with Gasteiger partial charge in [-0.15, -0.1) is 0 Å². The fourth-order valence-electron chi connectivity index (χ4n) is 3.07. The highest BCUT2D eigenvalue weighted by Crippen LogP contribution is 2.32. The van der Waals surface area contributed by atoms with Crippen LogP contribution in [0.15, 0.2) is 48.9 Å². The first-order valence-electron chi connectivity index (χ1n) is 8.85. The maximum absolute atomic E-state index is 14.3. The molecule has 0 spiro atoms. The van der Waals surface area contributed by atoms with Crippen molar-refractivity contribution in [1.29, 1.82) is 0 Å². The number of hydrogen-bond acceptors (Lipinski definition) is 6. The van der Waals surface area contributed by atoms with Crippen LogP contribution in [0.4, 0.5) is 14.6 Å². The molecule has 8 nitrogen and oxygen atoms in total. The Morgan fingerprint density at radius 3 is 2.73 bits per heavy atom. The molecule has 4 rings (SSSR count). The van der Waals surface area contributed by atoms with E-state index in [1.54, 1.807) is 25.4 Å².